The third kappa shape index (κ3) is 3.67. The summed E-state index contributed by atoms with van der Waals surface area (Å²) in [6.45, 7) is 3.59. The molecule has 1 aromatic rings. The zero-order valence-corrected chi connectivity index (χ0v) is 13.3. The molecule has 118 valence electrons. The molecular weight excluding hydrogens is 274 g/mol. The summed E-state index contributed by atoms with van der Waals surface area (Å²) in [6, 6.07) is 8.37. The predicted molar refractivity (Wildman–Crippen MR) is 90.2 cm³/mol. The van der Waals surface area contributed by atoms with Crippen LogP contribution in [0.1, 0.15) is 44.6 Å². The molecule has 4 heteroatoms. The highest BCUT2D eigenvalue weighted by Crippen LogP contribution is 2.26. The first-order valence-corrected chi connectivity index (χ1v) is 8.39. The number of carbonyl (C=O) groups excluding carboxylic acids is 1. The number of hydrogen-bond donors (Lipinski definition) is 1. The van der Waals surface area contributed by atoms with E-state index in [1.165, 1.54) is 24.1 Å². The van der Waals surface area contributed by atoms with Gasteiger partial charge in [0.15, 0.2) is 0 Å². The molecule has 0 spiro atoms. The predicted octanol–water partition coefficient (Wildman–Crippen LogP) is 3.12. The van der Waals surface area contributed by atoms with Crippen molar-refractivity contribution in [3.05, 3.63) is 29.8 Å². The van der Waals surface area contributed by atoms with Crippen LogP contribution in [-0.2, 0) is 11.2 Å². The minimum atomic E-state index is -0.0116. The van der Waals surface area contributed by atoms with Crippen molar-refractivity contribution in [2.45, 2.75) is 45.4 Å². The quantitative estimate of drug-likeness (QED) is 0.872. The molecule has 1 atom stereocenters. The number of carbonyl (C=O) groups is 1. The summed E-state index contributed by atoms with van der Waals surface area (Å²) in [5.74, 6) is 0.681. The second kappa shape index (κ2) is 6.95. The van der Waals surface area contributed by atoms with Crippen LogP contribution in [-0.4, -0.2) is 24.7 Å². The Morgan fingerprint density at radius 1 is 1.32 bits per heavy atom. The molecule has 1 aliphatic carbocycles. The number of fused-ring (bicyclic) bond motifs is 1. The minimum absolute atomic E-state index is 0.0116. The normalized spacial score (nSPS) is 23.2. The zero-order chi connectivity index (χ0) is 15.4. The number of rotatable bonds is 3. The van der Waals surface area contributed by atoms with Crippen LogP contribution >= 0.6 is 0 Å². The maximum Gasteiger partial charge on any atom is 0.259 e. The van der Waals surface area contributed by atoms with Crippen LogP contribution in [0.2, 0.25) is 0 Å². The highest BCUT2D eigenvalue weighted by atomic mass is 16.2. The summed E-state index contributed by atoms with van der Waals surface area (Å²) in [6.07, 6.45) is 6.72. The van der Waals surface area contributed by atoms with E-state index in [2.05, 4.69) is 40.5 Å². The summed E-state index contributed by atoms with van der Waals surface area (Å²) in [5, 5.41) is 4.35. The Kier molecular flexibility index (Phi) is 4.76. The van der Waals surface area contributed by atoms with Gasteiger partial charge in [0.05, 0.1) is 6.54 Å². The standard InChI is InChI=1S/C18H25N3O/c1-14-6-4-9-16(12-14)19-20-18(22)13-21-11-5-8-15-7-2-3-10-17(15)21/h2-3,7,10,14H,4-6,8-9,11-13H2,1H3,(H,20,22)/b19-16-/t14-/m1/s1. The van der Waals surface area contributed by atoms with Gasteiger partial charge < -0.3 is 4.90 Å². The molecule has 1 fully saturated rings. The molecule has 2 aliphatic rings. The molecule has 0 aromatic heterocycles. The number of amides is 1. The van der Waals surface area contributed by atoms with E-state index < -0.39 is 0 Å². The van der Waals surface area contributed by atoms with Gasteiger partial charge in [0.1, 0.15) is 0 Å². The Balaban J connectivity index is 1.57. The first-order chi connectivity index (χ1) is 10.7. The largest absolute Gasteiger partial charge is 0.362 e. The maximum absolute atomic E-state index is 12.2. The van der Waals surface area contributed by atoms with E-state index in [9.17, 15) is 4.79 Å². The van der Waals surface area contributed by atoms with E-state index in [0.29, 0.717) is 12.5 Å². The average molecular weight is 299 g/mol. The molecule has 0 radical (unpaired) electrons. The van der Waals surface area contributed by atoms with Gasteiger partial charge in [-0.1, -0.05) is 25.1 Å². The molecule has 4 nitrogen and oxygen atoms in total. The molecular formula is C18H25N3O. The lowest BCUT2D eigenvalue weighted by molar-refractivity contribution is -0.119. The van der Waals surface area contributed by atoms with Gasteiger partial charge in [0, 0.05) is 17.9 Å². The van der Waals surface area contributed by atoms with Gasteiger partial charge >= 0.3 is 0 Å². The van der Waals surface area contributed by atoms with Crippen molar-refractivity contribution in [1.29, 1.82) is 0 Å². The first kappa shape index (κ1) is 15.1. The Morgan fingerprint density at radius 3 is 3.05 bits per heavy atom. The summed E-state index contributed by atoms with van der Waals surface area (Å²) in [4.78, 5) is 14.3. The summed E-state index contributed by atoms with van der Waals surface area (Å²) in [5.41, 5.74) is 6.44. The van der Waals surface area contributed by atoms with Crippen molar-refractivity contribution in [2.24, 2.45) is 11.0 Å². The molecule has 1 heterocycles. The van der Waals surface area contributed by atoms with Crippen LogP contribution in [0.5, 0.6) is 0 Å². The monoisotopic (exact) mass is 299 g/mol. The van der Waals surface area contributed by atoms with Gasteiger partial charge in [-0.25, -0.2) is 5.43 Å². The molecule has 1 N–H and O–H groups in total. The maximum atomic E-state index is 12.2. The smallest absolute Gasteiger partial charge is 0.259 e. The van der Waals surface area contributed by atoms with Crippen LogP contribution < -0.4 is 10.3 Å². The Labute approximate surface area is 132 Å². The van der Waals surface area contributed by atoms with Crippen molar-refractivity contribution in [3.8, 4) is 0 Å². The Morgan fingerprint density at radius 2 is 2.18 bits per heavy atom. The number of aryl methyl sites for hydroxylation is 1. The number of nitrogens with zero attached hydrogens (tertiary/aromatic N) is 2. The van der Waals surface area contributed by atoms with Gasteiger partial charge in [0.25, 0.3) is 5.91 Å². The highest BCUT2D eigenvalue weighted by Gasteiger charge is 2.19. The summed E-state index contributed by atoms with van der Waals surface area (Å²) >= 11 is 0. The fourth-order valence-electron chi connectivity index (χ4n) is 3.49. The lowest BCUT2D eigenvalue weighted by atomic mass is 9.89. The van der Waals surface area contributed by atoms with E-state index >= 15 is 0 Å². The number of hydrazone groups is 1. The van der Waals surface area contributed by atoms with E-state index in [1.807, 2.05) is 6.07 Å². The topological polar surface area (TPSA) is 44.7 Å². The molecule has 1 aromatic carbocycles. The molecule has 0 saturated heterocycles. The van der Waals surface area contributed by atoms with Crippen LogP contribution in [0.3, 0.4) is 0 Å². The third-order valence-corrected chi connectivity index (χ3v) is 4.63. The molecule has 22 heavy (non-hydrogen) atoms. The van der Waals surface area contributed by atoms with Gasteiger partial charge in [-0.3, -0.25) is 4.79 Å². The number of hydrogen-bond acceptors (Lipinski definition) is 3. The summed E-state index contributed by atoms with van der Waals surface area (Å²) in [7, 11) is 0. The van der Waals surface area contributed by atoms with E-state index in [0.717, 1.165) is 37.9 Å². The van der Waals surface area contributed by atoms with Crippen LogP contribution in [0, 0.1) is 5.92 Å². The van der Waals surface area contributed by atoms with Crippen molar-refractivity contribution < 1.29 is 4.79 Å². The van der Waals surface area contributed by atoms with Gasteiger partial charge in [-0.05, 0) is 56.1 Å². The SMILES string of the molecule is C[C@@H]1CCC/C(=N/NC(=O)CN2CCCc3ccccc32)C1. The lowest BCUT2D eigenvalue weighted by Gasteiger charge is -2.30. The highest BCUT2D eigenvalue weighted by molar-refractivity contribution is 5.88. The zero-order valence-electron chi connectivity index (χ0n) is 13.3. The van der Waals surface area contributed by atoms with Crippen molar-refractivity contribution in [1.82, 2.24) is 5.43 Å². The fourth-order valence-corrected chi connectivity index (χ4v) is 3.49. The van der Waals surface area contributed by atoms with Crippen LogP contribution in [0.25, 0.3) is 0 Å². The van der Waals surface area contributed by atoms with Crippen molar-refractivity contribution in [2.75, 3.05) is 18.0 Å². The van der Waals surface area contributed by atoms with Gasteiger partial charge in [-0.15, -0.1) is 0 Å². The summed E-state index contributed by atoms with van der Waals surface area (Å²) < 4.78 is 0. The first-order valence-electron chi connectivity index (χ1n) is 8.39. The average Bonchev–Trinajstić information content (AvgIpc) is 2.53. The van der Waals surface area contributed by atoms with E-state index in [4.69, 9.17) is 0 Å². The molecule has 3 rings (SSSR count). The number of para-hydroxylation sites is 1. The molecule has 1 aliphatic heterocycles. The Hall–Kier alpha value is -1.84. The molecule has 0 bridgehead atoms. The van der Waals surface area contributed by atoms with Crippen LogP contribution in [0.4, 0.5) is 5.69 Å². The van der Waals surface area contributed by atoms with Gasteiger partial charge in [0.2, 0.25) is 0 Å². The number of anilines is 1. The van der Waals surface area contributed by atoms with E-state index in [-0.39, 0.29) is 5.91 Å². The molecule has 0 unspecified atom stereocenters. The number of benzene rings is 1. The molecule has 1 amide bonds. The second-order valence-electron chi connectivity index (χ2n) is 6.57. The third-order valence-electron chi connectivity index (χ3n) is 4.63. The molecule has 1 saturated carbocycles. The van der Waals surface area contributed by atoms with E-state index in [1.54, 1.807) is 0 Å². The number of nitrogens with one attached hydrogen (secondary N) is 1. The van der Waals surface area contributed by atoms with Crippen LogP contribution in [0.15, 0.2) is 29.4 Å². The second-order valence-corrected chi connectivity index (χ2v) is 6.57. The fraction of sp³-hybridized carbons (Fsp3) is 0.556. The van der Waals surface area contributed by atoms with Crippen molar-refractivity contribution >= 4 is 17.3 Å². The minimum Gasteiger partial charge on any atom is -0.362 e. The van der Waals surface area contributed by atoms with Crippen molar-refractivity contribution in [3.63, 3.8) is 0 Å². The van der Waals surface area contributed by atoms with Gasteiger partial charge in [-0.2, -0.15) is 5.10 Å². The lowest BCUT2D eigenvalue weighted by Crippen LogP contribution is -2.38. The Bertz CT molecular complexity index is 567.